The molecule has 2 aromatic rings. The van der Waals surface area contributed by atoms with Crippen molar-refractivity contribution in [3.63, 3.8) is 0 Å². The molecule has 1 aliphatic rings. The number of para-hydroxylation sites is 1. The number of fused-ring (bicyclic) bond motifs is 1. The third-order valence-electron chi connectivity index (χ3n) is 4.79. The van der Waals surface area contributed by atoms with E-state index in [1.165, 1.54) is 10.9 Å². The molecule has 2 unspecified atom stereocenters. The van der Waals surface area contributed by atoms with Crippen LogP contribution in [0.3, 0.4) is 0 Å². The van der Waals surface area contributed by atoms with E-state index in [-0.39, 0.29) is 24.5 Å². The summed E-state index contributed by atoms with van der Waals surface area (Å²) in [4.78, 5) is 15.4. The molecule has 2 atom stereocenters. The summed E-state index contributed by atoms with van der Waals surface area (Å²) in [6.07, 6.45) is 7.54. The van der Waals surface area contributed by atoms with E-state index in [0.717, 1.165) is 37.6 Å². The van der Waals surface area contributed by atoms with Crippen molar-refractivity contribution in [1.82, 2.24) is 10.3 Å². The highest BCUT2D eigenvalue weighted by atomic mass is 16.3. The van der Waals surface area contributed by atoms with Gasteiger partial charge in [0, 0.05) is 42.1 Å². The summed E-state index contributed by atoms with van der Waals surface area (Å²) in [5, 5.41) is 13.7. The summed E-state index contributed by atoms with van der Waals surface area (Å²) >= 11 is 0. The van der Waals surface area contributed by atoms with Gasteiger partial charge in [0.1, 0.15) is 0 Å². The van der Waals surface area contributed by atoms with Gasteiger partial charge in [-0.25, -0.2) is 0 Å². The van der Waals surface area contributed by atoms with Gasteiger partial charge in [0.15, 0.2) is 0 Å². The monoisotopic (exact) mass is 300 g/mol. The Balaban J connectivity index is 1.56. The first-order chi connectivity index (χ1) is 10.8. The molecule has 1 fully saturated rings. The quantitative estimate of drug-likeness (QED) is 0.795. The number of aromatic amines is 1. The Morgan fingerprint density at radius 1 is 1.27 bits per heavy atom. The molecule has 0 bridgehead atoms. The van der Waals surface area contributed by atoms with Crippen LogP contribution in [0.1, 0.15) is 37.7 Å². The number of aliphatic hydroxyl groups excluding tert-OH is 1. The second-order valence-electron chi connectivity index (χ2n) is 6.26. The minimum Gasteiger partial charge on any atom is -0.396 e. The van der Waals surface area contributed by atoms with Crippen LogP contribution in [0.2, 0.25) is 0 Å². The van der Waals surface area contributed by atoms with E-state index in [4.69, 9.17) is 0 Å². The number of amides is 1. The largest absolute Gasteiger partial charge is 0.396 e. The molecular weight excluding hydrogens is 276 g/mol. The molecule has 0 spiro atoms. The molecule has 4 heteroatoms. The number of rotatable bonds is 5. The summed E-state index contributed by atoms with van der Waals surface area (Å²) < 4.78 is 0. The highest BCUT2D eigenvalue weighted by Crippen LogP contribution is 2.24. The number of hydrogen-bond donors (Lipinski definition) is 3. The molecule has 3 N–H and O–H groups in total. The number of aromatic nitrogens is 1. The smallest absolute Gasteiger partial charge is 0.220 e. The number of carbonyl (C=O) groups is 1. The fraction of sp³-hybridized carbons (Fsp3) is 0.500. The van der Waals surface area contributed by atoms with E-state index in [0.29, 0.717) is 6.42 Å². The minimum absolute atomic E-state index is 0.0932. The summed E-state index contributed by atoms with van der Waals surface area (Å²) in [6.45, 7) is 0.174. The van der Waals surface area contributed by atoms with E-state index < -0.39 is 0 Å². The van der Waals surface area contributed by atoms with Crippen LogP contribution in [0.5, 0.6) is 0 Å². The van der Waals surface area contributed by atoms with Gasteiger partial charge in [-0.15, -0.1) is 0 Å². The molecule has 1 saturated carbocycles. The third kappa shape index (κ3) is 3.33. The Morgan fingerprint density at radius 2 is 2.09 bits per heavy atom. The number of H-pyrrole nitrogens is 1. The predicted molar refractivity (Wildman–Crippen MR) is 87.6 cm³/mol. The SMILES string of the molecule is O=C(CCc1c[nH]c2ccccc12)NC1CCCCC1CO. The molecule has 3 rings (SSSR count). The lowest BCUT2D eigenvalue weighted by atomic mass is 9.85. The Hall–Kier alpha value is -1.81. The van der Waals surface area contributed by atoms with E-state index in [9.17, 15) is 9.90 Å². The van der Waals surface area contributed by atoms with Crippen molar-refractivity contribution in [2.24, 2.45) is 5.92 Å². The molecule has 0 aliphatic heterocycles. The molecule has 4 nitrogen and oxygen atoms in total. The first kappa shape index (κ1) is 15.1. The Bertz CT molecular complexity index is 635. The highest BCUT2D eigenvalue weighted by Gasteiger charge is 2.25. The molecule has 1 amide bonds. The topological polar surface area (TPSA) is 65.1 Å². The normalized spacial score (nSPS) is 21.9. The Morgan fingerprint density at radius 3 is 2.95 bits per heavy atom. The number of carbonyl (C=O) groups excluding carboxylic acids is 1. The molecular formula is C18H24N2O2. The van der Waals surface area contributed by atoms with Gasteiger partial charge in [-0.2, -0.15) is 0 Å². The van der Waals surface area contributed by atoms with Crippen LogP contribution in [0.15, 0.2) is 30.5 Å². The van der Waals surface area contributed by atoms with Crippen LogP contribution in [-0.2, 0) is 11.2 Å². The maximum atomic E-state index is 12.2. The van der Waals surface area contributed by atoms with Crippen molar-refractivity contribution in [2.75, 3.05) is 6.61 Å². The van der Waals surface area contributed by atoms with Crippen LogP contribution in [0, 0.1) is 5.92 Å². The summed E-state index contributed by atoms with van der Waals surface area (Å²) in [7, 11) is 0. The van der Waals surface area contributed by atoms with Gasteiger partial charge in [-0.05, 0) is 30.9 Å². The van der Waals surface area contributed by atoms with Crippen molar-refractivity contribution in [1.29, 1.82) is 0 Å². The van der Waals surface area contributed by atoms with Crippen LogP contribution in [-0.4, -0.2) is 28.6 Å². The Labute approximate surface area is 130 Å². The third-order valence-corrected chi connectivity index (χ3v) is 4.79. The van der Waals surface area contributed by atoms with Gasteiger partial charge >= 0.3 is 0 Å². The highest BCUT2D eigenvalue weighted by molar-refractivity contribution is 5.84. The Kier molecular flexibility index (Phi) is 4.78. The fourth-order valence-corrected chi connectivity index (χ4v) is 3.48. The van der Waals surface area contributed by atoms with Crippen molar-refractivity contribution in [3.05, 3.63) is 36.0 Å². The van der Waals surface area contributed by atoms with Crippen LogP contribution in [0.25, 0.3) is 10.9 Å². The molecule has 22 heavy (non-hydrogen) atoms. The van der Waals surface area contributed by atoms with Crippen molar-refractivity contribution < 1.29 is 9.90 Å². The molecule has 1 aliphatic carbocycles. The first-order valence-electron chi connectivity index (χ1n) is 8.23. The summed E-state index contributed by atoms with van der Waals surface area (Å²) in [6, 6.07) is 8.31. The molecule has 0 radical (unpaired) electrons. The maximum Gasteiger partial charge on any atom is 0.220 e. The lowest BCUT2D eigenvalue weighted by Gasteiger charge is -2.30. The minimum atomic E-state index is 0.0932. The van der Waals surface area contributed by atoms with Crippen molar-refractivity contribution in [3.8, 4) is 0 Å². The zero-order chi connectivity index (χ0) is 15.4. The number of aliphatic hydroxyl groups is 1. The van der Waals surface area contributed by atoms with E-state index >= 15 is 0 Å². The zero-order valence-electron chi connectivity index (χ0n) is 12.8. The van der Waals surface area contributed by atoms with Gasteiger partial charge in [-0.3, -0.25) is 4.79 Å². The van der Waals surface area contributed by atoms with Crippen molar-refractivity contribution >= 4 is 16.8 Å². The fourth-order valence-electron chi connectivity index (χ4n) is 3.48. The number of hydrogen-bond acceptors (Lipinski definition) is 2. The lowest BCUT2D eigenvalue weighted by molar-refractivity contribution is -0.122. The number of nitrogens with one attached hydrogen (secondary N) is 2. The standard InChI is InChI=1S/C18H24N2O2/c21-12-14-5-1-3-7-16(14)20-18(22)10-9-13-11-19-17-8-4-2-6-15(13)17/h2,4,6,8,11,14,16,19,21H,1,3,5,7,9-10,12H2,(H,20,22). The van der Waals surface area contributed by atoms with E-state index in [1.807, 2.05) is 24.4 Å². The average molecular weight is 300 g/mol. The van der Waals surface area contributed by atoms with E-state index in [1.54, 1.807) is 0 Å². The average Bonchev–Trinajstić information content (AvgIpc) is 2.97. The van der Waals surface area contributed by atoms with Gasteiger partial charge < -0.3 is 15.4 Å². The molecule has 1 aromatic heterocycles. The van der Waals surface area contributed by atoms with Gasteiger partial charge in [0.05, 0.1) is 0 Å². The van der Waals surface area contributed by atoms with Gasteiger partial charge in [0.2, 0.25) is 5.91 Å². The van der Waals surface area contributed by atoms with Crippen LogP contribution >= 0.6 is 0 Å². The predicted octanol–water partition coefficient (Wildman–Crippen LogP) is 2.77. The molecule has 1 aromatic carbocycles. The van der Waals surface area contributed by atoms with E-state index in [2.05, 4.69) is 16.4 Å². The lowest BCUT2D eigenvalue weighted by Crippen LogP contribution is -2.43. The van der Waals surface area contributed by atoms with Crippen LogP contribution < -0.4 is 5.32 Å². The second-order valence-corrected chi connectivity index (χ2v) is 6.26. The van der Waals surface area contributed by atoms with Gasteiger partial charge in [-0.1, -0.05) is 31.0 Å². The van der Waals surface area contributed by atoms with Gasteiger partial charge in [0.25, 0.3) is 0 Å². The number of benzene rings is 1. The molecule has 118 valence electrons. The molecule has 1 heterocycles. The summed E-state index contributed by atoms with van der Waals surface area (Å²) in [5.41, 5.74) is 2.30. The molecule has 0 saturated heterocycles. The first-order valence-corrected chi connectivity index (χ1v) is 8.23. The zero-order valence-corrected chi connectivity index (χ0v) is 12.8. The second kappa shape index (κ2) is 6.97. The van der Waals surface area contributed by atoms with Crippen molar-refractivity contribution in [2.45, 2.75) is 44.6 Å². The summed E-state index contributed by atoms with van der Waals surface area (Å²) in [5.74, 6) is 0.321. The number of aryl methyl sites for hydroxylation is 1. The maximum absolute atomic E-state index is 12.2. The van der Waals surface area contributed by atoms with Crippen LogP contribution in [0.4, 0.5) is 0 Å².